The SMILES string of the molecule is CCCNC(=O)c1nc(C(=O)Nc2cccc(C#N)c2)c2ccccn12. The van der Waals surface area contributed by atoms with Crippen molar-refractivity contribution in [3.8, 4) is 6.07 Å². The van der Waals surface area contributed by atoms with E-state index in [1.54, 1.807) is 53.1 Å². The average molecular weight is 347 g/mol. The van der Waals surface area contributed by atoms with Crippen LogP contribution in [0.5, 0.6) is 0 Å². The fourth-order valence-corrected chi connectivity index (χ4v) is 2.54. The summed E-state index contributed by atoms with van der Waals surface area (Å²) in [5, 5.41) is 14.5. The highest BCUT2D eigenvalue weighted by Crippen LogP contribution is 2.16. The van der Waals surface area contributed by atoms with Gasteiger partial charge in [-0.3, -0.25) is 14.0 Å². The summed E-state index contributed by atoms with van der Waals surface area (Å²) in [4.78, 5) is 29.3. The lowest BCUT2D eigenvalue weighted by Crippen LogP contribution is -2.26. The highest BCUT2D eigenvalue weighted by Gasteiger charge is 2.21. The first-order valence-corrected chi connectivity index (χ1v) is 8.21. The highest BCUT2D eigenvalue weighted by molar-refractivity contribution is 6.09. The molecule has 3 rings (SSSR count). The first-order chi connectivity index (χ1) is 12.6. The molecule has 0 aliphatic heterocycles. The van der Waals surface area contributed by atoms with Gasteiger partial charge in [-0.1, -0.05) is 19.1 Å². The van der Waals surface area contributed by atoms with Crippen LogP contribution >= 0.6 is 0 Å². The van der Waals surface area contributed by atoms with Crippen molar-refractivity contribution in [3.63, 3.8) is 0 Å². The van der Waals surface area contributed by atoms with Crippen LogP contribution < -0.4 is 10.6 Å². The fraction of sp³-hybridized carbons (Fsp3) is 0.158. The molecule has 26 heavy (non-hydrogen) atoms. The van der Waals surface area contributed by atoms with Gasteiger partial charge >= 0.3 is 0 Å². The van der Waals surface area contributed by atoms with Crippen LogP contribution in [-0.2, 0) is 0 Å². The summed E-state index contributed by atoms with van der Waals surface area (Å²) >= 11 is 0. The van der Waals surface area contributed by atoms with Crippen LogP contribution in [0.25, 0.3) is 5.52 Å². The van der Waals surface area contributed by atoms with Crippen molar-refractivity contribution in [2.75, 3.05) is 11.9 Å². The predicted octanol–water partition coefficient (Wildman–Crippen LogP) is 2.60. The molecule has 0 saturated heterocycles. The van der Waals surface area contributed by atoms with Gasteiger partial charge in [-0.15, -0.1) is 0 Å². The van der Waals surface area contributed by atoms with Crippen molar-refractivity contribution in [1.82, 2.24) is 14.7 Å². The molecule has 0 aliphatic carbocycles. The summed E-state index contributed by atoms with van der Waals surface area (Å²) in [6, 6.07) is 13.9. The van der Waals surface area contributed by atoms with Gasteiger partial charge in [0, 0.05) is 18.4 Å². The molecule has 1 aromatic carbocycles. The molecular formula is C19H17N5O2. The second-order valence-corrected chi connectivity index (χ2v) is 5.64. The fourth-order valence-electron chi connectivity index (χ4n) is 2.54. The summed E-state index contributed by atoms with van der Waals surface area (Å²) in [5.74, 6) is -0.623. The van der Waals surface area contributed by atoms with Gasteiger partial charge in [0.15, 0.2) is 5.69 Å². The monoisotopic (exact) mass is 347 g/mol. The number of benzene rings is 1. The van der Waals surface area contributed by atoms with E-state index < -0.39 is 5.91 Å². The second-order valence-electron chi connectivity index (χ2n) is 5.64. The third kappa shape index (κ3) is 3.39. The molecule has 130 valence electrons. The van der Waals surface area contributed by atoms with E-state index in [-0.39, 0.29) is 17.4 Å². The maximum atomic E-state index is 12.7. The molecule has 0 radical (unpaired) electrons. The van der Waals surface area contributed by atoms with E-state index in [1.165, 1.54) is 0 Å². The minimum absolute atomic E-state index is 0.148. The van der Waals surface area contributed by atoms with E-state index in [0.717, 1.165) is 6.42 Å². The number of imidazole rings is 1. The molecule has 0 atom stereocenters. The van der Waals surface area contributed by atoms with Gasteiger partial charge in [-0.25, -0.2) is 4.98 Å². The number of fused-ring (bicyclic) bond motifs is 1. The van der Waals surface area contributed by atoms with Crippen LogP contribution in [0.4, 0.5) is 5.69 Å². The first kappa shape index (κ1) is 17.2. The van der Waals surface area contributed by atoms with Crippen LogP contribution in [-0.4, -0.2) is 27.7 Å². The van der Waals surface area contributed by atoms with Gasteiger partial charge in [0.1, 0.15) is 0 Å². The maximum Gasteiger partial charge on any atom is 0.287 e. The van der Waals surface area contributed by atoms with Gasteiger partial charge in [-0.2, -0.15) is 5.26 Å². The molecule has 2 heterocycles. The quantitative estimate of drug-likeness (QED) is 0.741. The molecule has 7 heteroatoms. The summed E-state index contributed by atoms with van der Waals surface area (Å²) in [6.45, 7) is 2.49. The summed E-state index contributed by atoms with van der Waals surface area (Å²) in [5.41, 5.74) is 1.61. The van der Waals surface area contributed by atoms with Crippen LogP contribution in [0, 0.1) is 11.3 Å². The Morgan fingerprint density at radius 2 is 2.04 bits per heavy atom. The van der Waals surface area contributed by atoms with Crippen molar-refractivity contribution in [3.05, 3.63) is 65.7 Å². The van der Waals surface area contributed by atoms with E-state index in [9.17, 15) is 9.59 Å². The molecule has 2 amide bonds. The average Bonchev–Trinajstić information content (AvgIpc) is 3.06. The van der Waals surface area contributed by atoms with E-state index in [2.05, 4.69) is 15.6 Å². The first-order valence-electron chi connectivity index (χ1n) is 8.21. The molecule has 0 aliphatic rings. The van der Waals surface area contributed by atoms with Crippen molar-refractivity contribution >= 4 is 23.0 Å². The lowest BCUT2D eigenvalue weighted by atomic mass is 10.2. The lowest BCUT2D eigenvalue weighted by molar-refractivity contribution is 0.0942. The molecule has 0 unspecified atom stereocenters. The van der Waals surface area contributed by atoms with E-state index in [1.807, 2.05) is 13.0 Å². The van der Waals surface area contributed by atoms with Crippen LogP contribution in [0.15, 0.2) is 48.7 Å². The maximum absolute atomic E-state index is 12.7. The third-order valence-corrected chi connectivity index (χ3v) is 3.75. The zero-order chi connectivity index (χ0) is 18.5. The lowest BCUT2D eigenvalue weighted by Gasteiger charge is -2.03. The number of carbonyl (C=O) groups is 2. The predicted molar refractivity (Wildman–Crippen MR) is 96.9 cm³/mol. The standard InChI is InChI=1S/C19H17N5O2/c1-2-9-21-19(26)17-23-16(15-8-3-4-10-24(15)17)18(25)22-14-7-5-6-13(11-14)12-20/h3-8,10-11H,2,9H2,1H3,(H,21,26)(H,22,25). The van der Waals surface area contributed by atoms with Gasteiger partial charge in [0.25, 0.3) is 11.8 Å². The summed E-state index contributed by atoms with van der Waals surface area (Å²) in [6.07, 6.45) is 2.49. The normalized spacial score (nSPS) is 10.3. The van der Waals surface area contributed by atoms with Crippen molar-refractivity contribution in [2.24, 2.45) is 0 Å². The van der Waals surface area contributed by atoms with Gasteiger partial charge in [0.05, 0.1) is 17.1 Å². The highest BCUT2D eigenvalue weighted by atomic mass is 16.2. The number of amides is 2. The Morgan fingerprint density at radius 3 is 2.81 bits per heavy atom. The van der Waals surface area contributed by atoms with E-state index in [0.29, 0.717) is 23.3 Å². The Balaban J connectivity index is 1.95. The molecular weight excluding hydrogens is 330 g/mol. The molecule has 2 aromatic heterocycles. The molecule has 0 bridgehead atoms. The molecule has 0 saturated carbocycles. The van der Waals surface area contributed by atoms with Crippen LogP contribution in [0.1, 0.15) is 40.0 Å². The smallest absolute Gasteiger partial charge is 0.287 e. The number of carbonyl (C=O) groups excluding carboxylic acids is 2. The number of pyridine rings is 1. The zero-order valence-corrected chi connectivity index (χ0v) is 14.2. The number of hydrogen-bond donors (Lipinski definition) is 2. The minimum atomic E-state index is -0.446. The van der Waals surface area contributed by atoms with Gasteiger partial charge in [-0.05, 0) is 36.8 Å². The van der Waals surface area contributed by atoms with Crippen molar-refractivity contribution in [2.45, 2.75) is 13.3 Å². The third-order valence-electron chi connectivity index (χ3n) is 3.75. The Morgan fingerprint density at radius 1 is 1.19 bits per heavy atom. The Labute approximate surface area is 150 Å². The molecule has 0 spiro atoms. The molecule has 0 fully saturated rings. The van der Waals surface area contributed by atoms with E-state index >= 15 is 0 Å². The number of hydrogen-bond acceptors (Lipinski definition) is 4. The van der Waals surface area contributed by atoms with Crippen LogP contribution in [0.3, 0.4) is 0 Å². The van der Waals surface area contributed by atoms with Crippen molar-refractivity contribution in [1.29, 1.82) is 5.26 Å². The van der Waals surface area contributed by atoms with Gasteiger partial charge in [0.2, 0.25) is 5.82 Å². The number of nitrogens with zero attached hydrogens (tertiary/aromatic N) is 3. The summed E-state index contributed by atoms with van der Waals surface area (Å²) < 4.78 is 1.59. The number of rotatable bonds is 5. The van der Waals surface area contributed by atoms with Crippen LogP contribution in [0.2, 0.25) is 0 Å². The van der Waals surface area contributed by atoms with E-state index in [4.69, 9.17) is 5.26 Å². The molecule has 7 nitrogen and oxygen atoms in total. The Hall–Kier alpha value is -3.66. The molecule has 2 N–H and O–H groups in total. The zero-order valence-electron chi connectivity index (χ0n) is 14.2. The van der Waals surface area contributed by atoms with Gasteiger partial charge < -0.3 is 10.6 Å². The Kier molecular flexibility index (Phi) is 4.94. The number of nitriles is 1. The molecule has 3 aromatic rings. The second kappa shape index (κ2) is 7.49. The minimum Gasteiger partial charge on any atom is -0.349 e. The Bertz CT molecular complexity index is 1020. The number of nitrogens with one attached hydrogen (secondary N) is 2. The topological polar surface area (TPSA) is 99.3 Å². The van der Waals surface area contributed by atoms with Crippen molar-refractivity contribution < 1.29 is 9.59 Å². The summed E-state index contributed by atoms with van der Waals surface area (Å²) in [7, 11) is 0. The largest absolute Gasteiger partial charge is 0.349 e. The number of anilines is 1. The number of aromatic nitrogens is 2.